The molecule has 0 fully saturated rings. The number of hydrogen-bond acceptors (Lipinski definition) is 9. The minimum atomic E-state index is 0.456. The number of rotatable bonds is 11. The molecule has 0 aliphatic rings. The lowest BCUT2D eigenvalue weighted by Crippen LogP contribution is -2.01. The molecule has 6 aromatic carbocycles. The summed E-state index contributed by atoms with van der Waals surface area (Å²) in [4.78, 5) is 22.3. The molecule has 10 heteroatoms. The van der Waals surface area contributed by atoms with Crippen LogP contribution in [0.5, 0.6) is 46.3 Å². The van der Waals surface area contributed by atoms with Crippen molar-refractivity contribution in [3.8, 4) is 74.5 Å². The van der Waals surface area contributed by atoms with Crippen molar-refractivity contribution in [2.45, 2.75) is 13.8 Å². The molecule has 0 atom stereocenters. The molecule has 0 aliphatic carbocycles. The van der Waals surface area contributed by atoms with Crippen molar-refractivity contribution in [1.29, 1.82) is 0 Å². The lowest BCUT2D eigenvalue weighted by atomic mass is 10.0. The topological polar surface area (TPSA) is 106 Å². The summed E-state index contributed by atoms with van der Waals surface area (Å²) in [6.45, 7) is 4.11. The predicted octanol–water partition coefficient (Wildman–Crippen LogP) is 12.9. The second-order valence-electron chi connectivity index (χ2n) is 14.4. The summed E-state index contributed by atoms with van der Waals surface area (Å²) in [6, 6.07) is 51.2. The lowest BCUT2D eigenvalue weighted by molar-refractivity contribution is 0.448. The maximum Gasteiger partial charge on any atom is 0.237 e. The van der Waals surface area contributed by atoms with Gasteiger partial charge in [0.1, 0.15) is 47.2 Å². The van der Waals surface area contributed by atoms with E-state index in [1.807, 2.05) is 150 Å². The van der Waals surface area contributed by atoms with Gasteiger partial charge in [0.05, 0.1) is 11.0 Å². The first kappa shape index (κ1) is 36.9. The van der Waals surface area contributed by atoms with Crippen LogP contribution in [0.1, 0.15) is 11.1 Å². The first-order valence-corrected chi connectivity index (χ1v) is 19.7. The van der Waals surface area contributed by atoms with Gasteiger partial charge in [0, 0.05) is 70.7 Å². The van der Waals surface area contributed by atoms with Crippen LogP contribution in [0.3, 0.4) is 0 Å². The van der Waals surface area contributed by atoms with Gasteiger partial charge in [-0.2, -0.15) is 0 Å². The molecular weight excluding hydrogens is 761 g/mol. The van der Waals surface area contributed by atoms with E-state index in [1.54, 1.807) is 0 Å². The van der Waals surface area contributed by atoms with E-state index in [0.717, 1.165) is 55.2 Å². The summed E-state index contributed by atoms with van der Waals surface area (Å²) in [7, 11) is 0. The first-order valence-electron chi connectivity index (χ1n) is 19.7. The fourth-order valence-electron chi connectivity index (χ4n) is 7.40. The van der Waals surface area contributed by atoms with Crippen LogP contribution in [-0.4, -0.2) is 29.5 Å². The van der Waals surface area contributed by atoms with Crippen molar-refractivity contribution in [2.24, 2.45) is 0 Å². The monoisotopic (exact) mass is 796 g/mol. The Hall–Kier alpha value is -8.37. The van der Waals surface area contributed by atoms with E-state index in [9.17, 15) is 0 Å². The smallest absolute Gasteiger partial charge is 0.237 e. The highest BCUT2D eigenvalue weighted by atomic mass is 16.5. The van der Waals surface area contributed by atoms with E-state index in [-0.39, 0.29) is 0 Å². The molecule has 0 unspecified atom stereocenters. The second kappa shape index (κ2) is 16.1. The van der Waals surface area contributed by atoms with Crippen LogP contribution in [-0.2, 0) is 0 Å². The molecule has 0 spiro atoms. The Morgan fingerprint density at radius 3 is 1.26 bits per heavy atom. The fraction of sp³-hybridized carbons (Fsp3) is 0.0392. The molecule has 4 aromatic heterocycles. The third-order valence-electron chi connectivity index (χ3n) is 10.3. The summed E-state index contributed by atoms with van der Waals surface area (Å²) in [5.41, 5.74) is 8.16. The Morgan fingerprint density at radius 2 is 0.820 bits per heavy atom. The molecule has 10 aromatic rings. The van der Waals surface area contributed by atoms with Crippen molar-refractivity contribution in [3.05, 3.63) is 194 Å². The predicted molar refractivity (Wildman–Crippen MR) is 236 cm³/mol. The highest BCUT2D eigenvalue weighted by Gasteiger charge is 2.17. The van der Waals surface area contributed by atoms with Gasteiger partial charge in [-0.25, -0.2) is 24.9 Å². The molecule has 4 heterocycles. The highest BCUT2D eigenvalue weighted by Crippen LogP contribution is 2.38. The van der Waals surface area contributed by atoms with E-state index in [1.165, 1.54) is 12.7 Å². The number of hydrogen-bond donors (Lipinski definition) is 0. The Labute approximate surface area is 351 Å². The van der Waals surface area contributed by atoms with E-state index < -0.39 is 0 Å². The number of benzene rings is 6. The standard InChI is InChI=1S/C51H36N6O4/c1-33-23-49(53-29-45(33)35-11-5-3-6-12-35)60-39-17-9-15-37(25-39)58-41-19-21-43-44-22-20-42(28-48(44)57(47(43)27-41)51-55-31-52-32-56-51)59-38-16-10-18-40(26-38)61-50-24-34(2)46(30-54-50)36-13-7-4-8-14-36/h3-32H,1-2H3. The van der Waals surface area contributed by atoms with Crippen molar-refractivity contribution >= 4 is 21.8 Å². The minimum Gasteiger partial charge on any atom is -0.457 e. The molecule has 0 N–H and O–H groups in total. The largest absolute Gasteiger partial charge is 0.457 e. The highest BCUT2D eigenvalue weighted by molar-refractivity contribution is 6.09. The molecule has 10 rings (SSSR count). The SMILES string of the molecule is Cc1cc(Oc2cccc(Oc3ccc4c5ccc(Oc6cccc(Oc7cc(C)c(-c8ccccc8)cn7)c6)cc5n(-c5ncncn5)c4c3)c2)ncc1-c1ccccc1. The molecule has 0 aliphatic heterocycles. The lowest BCUT2D eigenvalue weighted by Gasteiger charge is -2.11. The Balaban J connectivity index is 0.908. The van der Waals surface area contributed by atoms with Crippen LogP contribution in [0.15, 0.2) is 183 Å². The van der Waals surface area contributed by atoms with Crippen LogP contribution >= 0.6 is 0 Å². The minimum absolute atomic E-state index is 0.456. The molecule has 0 radical (unpaired) electrons. The Bertz CT molecular complexity index is 2980. The molecule has 10 nitrogen and oxygen atoms in total. The van der Waals surface area contributed by atoms with Gasteiger partial charge < -0.3 is 18.9 Å². The Morgan fingerprint density at radius 1 is 0.393 bits per heavy atom. The van der Waals surface area contributed by atoms with E-state index >= 15 is 0 Å². The average molecular weight is 797 g/mol. The van der Waals surface area contributed by atoms with Gasteiger partial charge in [-0.3, -0.25) is 4.57 Å². The number of ether oxygens (including phenoxy) is 4. The van der Waals surface area contributed by atoms with Gasteiger partial charge >= 0.3 is 0 Å². The van der Waals surface area contributed by atoms with Crippen LogP contribution in [0.2, 0.25) is 0 Å². The van der Waals surface area contributed by atoms with Crippen molar-refractivity contribution in [2.75, 3.05) is 0 Å². The number of aromatic nitrogens is 6. The Kier molecular flexibility index (Phi) is 9.76. The van der Waals surface area contributed by atoms with E-state index in [0.29, 0.717) is 52.2 Å². The third kappa shape index (κ3) is 7.81. The average Bonchev–Trinajstić information content (AvgIpc) is 3.60. The molecule has 0 saturated carbocycles. The molecule has 0 saturated heterocycles. The van der Waals surface area contributed by atoms with Crippen LogP contribution in [0.4, 0.5) is 0 Å². The summed E-state index contributed by atoms with van der Waals surface area (Å²) in [6.07, 6.45) is 6.65. The summed E-state index contributed by atoms with van der Waals surface area (Å²) in [5, 5.41) is 1.98. The third-order valence-corrected chi connectivity index (χ3v) is 10.3. The summed E-state index contributed by atoms with van der Waals surface area (Å²) >= 11 is 0. The first-order chi connectivity index (χ1) is 30.0. The van der Waals surface area contributed by atoms with Gasteiger partial charge in [0.2, 0.25) is 17.7 Å². The van der Waals surface area contributed by atoms with Gasteiger partial charge in [0.25, 0.3) is 0 Å². The zero-order valence-corrected chi connectivity index (χ0v) is 33.1. The number of fused-ring (bicyclic) bond motifs is 3. The van der Waals surface area contributed by atoms with Gasteiger partial charge in [-0.1, -0.05) is 72.8 Å². The van der Waals surface area contributed by atoms with E-state index in [2.05, 4.69) is 63.0 Å². The van der Waals surface area contributed by atoms with Gasteiger partial charge in [0.15, 0.2) is 0 Å². The van der Waals surface area contributed by atoms with Crippen molar-refractivity contribution in [3.63, 3.8) is 0 Å². The van der Waals surface area contributed by atoms with Gasteiger partial charge in [-0.15, -0.1) is 0 Å². The molecule has 61 heavy (non-hydrogen) atoms. The van der Waals surface area contributed by atoms with Crippen molar-refractivity contribution < 1.29 is 18.9 Å². The fourth-order valence-corrected chi connectivity index (χ4v) is 7.40. The maximum atomic E-state index is 6.43. The van der Waals surface area contributed by atoms with Crippen LogP contribution in [0.25, 0.3) is 50.0 Å². The number of aryl methyl sites for hydroxylation is 2. The molecular formula is C51H36N6O4. The quantitative estimate of drug-likeness (QED) is 0.126. The maximum absolute atomic E-state index is 6.43. The molecule has 0 bridgehead atoms. The number of pyridine rings is 2. The summed E-state index contributed by atoms with van der Waals surface area (Å²) in [5.74, 6) is 5.12. The van der Waals surface area contributed by atoms with E-state index in [4.69, 9.17) is 18.9 Å². The van der Waals surface area contributed by atoms with Crippen LogP contribution in [0, 0.1) is 13.8 Å². The molecule has 294 valence electrons. The molecule has 0 amide bonds. The van der Waals surface area contributed by atoms with Crippen LogP contribution < -0.4 is 18.9 Å². The zero-order valence-electron chi connectivity index (χ0n) is 33.1. The zero-order chi connectivity index (χ0) is 41.1. The second-order valence-corrected chi connectivity index (χ2v) is 14.4. The number of nitrogens with zero attached hydrogens (tertiary/aromatic N) is 6. The normalized spacial score (nSPS) is 11.1. The summed E-state index contributed by atoms with van der Waals surface area (Å²) < 4.78 is 27.2. The van der Waals surface area contributed by atoms with Crippen molar-refractivity contribution in [1.82, 2.24) is 29.5 Å². The van der Waals surface area contributed by atoms with Gasteiger partial charge in [-0.05, 0) is 84.6 Å².